The smallest absolute Gasteiger partial charge is 0.167 e. The maximum absolute atomic E-state index is 9.75. The minimum atomic E-state index is -0.966. The Morgan fingerprint density at radius 3 is 2.55 bits per heavy atom. The molecule has 4 atom stereocenters. The van der Waals surface area contributed by atoms with Gasteiger partial charge in [0.25, 0.3) is 0 Å². The van der Waals surface area contributed by atoms with Crippen LogP contribution in [0.25, 0.3) is 11.2 Å². The standard InChI is InChI=1S/C12H19N5O3/c1-6(18)10(19)7(2)20-8(3)17-5-16-9-11(13)14-4-15-12(9)17/h4-8,10,18-19H,1-3H3,(H2,13,14,15)/t6?,7?,8?,10-/m0/s1. The molecule has 0 radical (unpaired) electrons. The Kier molecular flexibility index (Phi) is 4.17. The SMILES string of the molecule is CC(O)[C@H](O)C(C)OC(C)n1cnc2c(N)ncnc21. The number of nitrogens with two attached hydrogens (primary N) is 1. The molecule has 3 unspecified atom stereocenters. The molecule has 0 aliphatic heterocycles. The van der Waals surface area contributed by atoms with Gasteiger partial charge < -0.3 is 20.7 Å². The van der Waals surface area contributed by atoms with E-state index in [2.05, 4.69) is 15.0 Å². The molecule has 0 aliphatic rings. The van der Waals surface area contributed by atoms with Gasteiger partial charge in [-0.05, 0) is 20.8 Å². The summed E-state index contributed by atoms with van der Waals surface area (Å²) >= 11 is 0. The zero-order chi connectivity index (χ0) is 14.9. The third-order valence-electron chi connectivity index (χ3n) is 3.17. The Hall–Kier alpha value is -1.77. The first kappa shape index (κ1) is 14.6. The molecule has 8 heteroatoms. The van der Waals surface area contributed by atoms with E-state index in [1.54, 1.807) is 24.7 Å². The zero-order valence-electron chi connectivity index (χ0n) is 11.6. The van der Waals surface area contributed by atoms with Crippen molar-refractivity contribution < 1.29 is 14.9 Å². The van der Waals surface area contributed by atoms with Crippen LogP contribution in [0.1, 0.15) is 27.0 Å². The predicted molar refractivity (Wildman–Crippen MR) is 72.7 cm³/mol. The maximum atomic E-state index is 9.75. The number of hydrogen-bond donors (Lipinski definition) is 3. The predicted octanol–water partition coefficient (Wildman–Crippen LogP) is 0.0738. The van der Waals surface area contributed by atoms with Crippen LogP contribution in [0.3, 0.4) is 0 Å². The molecule has 0 amide bonds. The number of aromatic nitrogens is 4. The van der Waals surface area contributed by atoms with Crippen molar-refractivity contribution in [3.05, 3.63) is 12.7 Å². The van der Waals surface area contributed by atoms with E-state index in [1.807, 2.05) is 0 Å². The van der Waals surface area contributed by atoms with E-state index in [0.717, 1.165) is 0 Å². The van der Waals surface area contributed by atoms with Gasteiger partial charge in [-0.3, -0.25) is 4.57 Å². The van der Waals surface area contributed by atoms with Crippen molar-refractivity contribution in [1.29, 1.82) is 0 Å². The van der Waals surface area contributed by atoms with Crippen LogP contribution in [-0.4, -0.2) is 48.0 Å². The molecule has 110 valence electrons. The van der Waals surface area contributed by atoms with Gasteiger partial charge in [0, 0.05) is 0 Å². The maximum Gasteiger partial charge on any atom is 0.167 e. The van der Waals surface area contributed by atoms with E-state index >= 15 is 0 Å². The third-order valence-corrected chi connectivity index (χ3v) is 3.17. The van der Waals surface area contributed by atoms with E-state index in [-0.39, 0.29) is 0 Å². The number of nitrogens with zero attached hydrogens (tertiary/aromatic N) is 4. The van der Waals surface area contributed by atoms with Crippen LogP contribution in [0.4, 0.5) is 5.82 Å². The Labute approximate surface area is 116 Å². The molecule has 4 N–H and O–H groups in total. The van der Waals surface area contributed by atoms with Gasteiger partial charge >= 0.3 is 0 Å². The van der Waals surface area contributed by atoms with Crippen molar-refractivity contribution in [3.63, 3.8) is 0 Å². The monoisotopic (exact) mass is 281 g/mol. The number of aliphatic hydroxyl groups excluding tert-OH is 2. The van der Waals surface area contributed by atoms with Gasteiger partial charge in [0.2, 0.25) is 0 Å². The van der Waals surface area contributed by atoms with E-state index in [0.29, 0.717) is 17.0 Å². The topological polar surface area (TPSA) is 119 Å². The first-order chi connectivity index (χ1) is 9.41. The number of rotatable bonds is 5. The summed E-state index contributed by atoms with van der Waals surface area (Å²) in [6.07, 6.45) is 0.124. The lowest BCUT2D eigenvalue weighted by Gasteiger charge is -2.25. The highest BCUT2D eigenvalue weighted by Gasteiger charge is 2.23. The van der Waals surface area contributed by atoms with Gasteiger partial charge in [0.05, 0.1) is 18.5 Å². The lowest BCUT2D eigenvalue weighted by Crippen LogP contribution is -2.36. The molecule has 0 saturated heterocycles. The fourth-order valence-corrected chi connectivity index (χ4v) is 1.99. The van der Waals surface area contributed by atoms with Crippen LogP contribution >= 0.6 is 0 Å². The van der Waals surface area contributed by atoms with Crippen LogP contribution < -0.4 is 5.73 Å². The van der Waals surface area contributed by atoms with Crippen molar-refractivity contribution in [1.82, 2.24) is 19.5 Å². The summed E-state index contributed by atoms with van der Waals surface area (Å²) in [4.78, 5) is 12.1. The number of imidazole rings is 1. The second-order valence-electron chi connectivity index (χ2n) is 4.75. The highest BCUT2D eigenvalue weighted by Crippen LogP contribution is 2.21. The summed E-state index contributed by atoms with van der Waals surface area (Å²) in [7, 11) is 0. The molecule has 0 aromatic carbocycles. The Bertz CT molecular complexity index is 585. The highest BCUT2D eigenvalue weighted by atomic mass is 16.5. The van der Waals surface area contributed by atoms with Gasteiger partial charge in [-0.2, -0.15) is 0 Å². The largest absolute Gasteiger partial charge is 0.391 e. The molecule has 2 aromatic rings. The van der Waals surface area contributed by atoms with Crippen LogP contribution in [0, 0.1) is 0 Å². The lowest BCUT2D eigenvalue weighted by atomic mass is 10.1. The van der Waals surface area contributed by atoms with Gasteiger partial charge in [-0.25, -0.2) is 15.0 Å². The third kappa shape index (κ3) is 2.72. The highest BCUT2D eigenvalue weighted by molar-refractivity contribution is 5.81. The Balaban J connectivity index is 2.20. The molecule has 0 fully saturated rings. The van der Waals surface area contributed by atoms with Crippen LogP contribution in [0.2, 0.25) is 0 Å². The molecular formula is C12H19N5O3. The first-order valence-electron chi connectivity index (χ1n) is 6.36. The Morgan fingerprint density at radius 1 is 1.20 bits per heavy atom. The van der Waals surface area contributed by atoms with Gasteiger partial charge in [-0.1, -0.05) is 0 Å². The summed E-state index contributed by atoms with van der Waals surface area (Å²) in [5.74, 6) is 0.304. The summed E-state index contributed by atoms with van der Waals surface area (Å²) < 4.78 is 7.37. The summed E-state index contributed by atoms with van der Waals surface area (Å²) in [5, 5.41) is 19.1. The number of nitrogen functional groups attached to an aromatic ring is 1. The zero-order valence-corrected chi connectivity index (χ0v) is 11.6. The molecule has 2 heterocycles. The van der Waals surface area contributed by atoms with Crippen LogP contribution in [0.5, 0.6) is 0 Å². The van der Waals surface area contributed by atoms with Crippen molar-refractivity contribution in [2.75, 3.05) is 5.73 Å². The summed E-state index contributed by atoms with van der Waals surface area (Å²) in [6.45, 7) is 5.00. The van der Waals surface area contributed by atoms with E-state index < -0.39 is 24.5 Å². The molecule has 0 spiro atoms. The lowest BCUT2D eigenvalue weighted by molar-refractivity contribution is -0.117. The van der Waals surface area contributed by atoms with Crippen molar-refractivity contribution >= 4 is 17.0 Å². The average Bonchev–Trinajstić information content (AvgIpc) is 2.82. The van der Waals surface area contributed by atoms with Crippen molar-refractivity contribution in [3.8, 4) is 0 Å². The Morgan fingerprint density at radius 2 is 1.90 bits per heavy atom. The van der Waals surface area contributed by atoms with E-state index in [1.165, 1.54) is 13.3 Å². The molecule has 2 rings (SSSR count). The van der Waals surface area contributed by atoms with Crippen LogP contribution in [0.15, 0.2) is 12.7 Å². The minimum absolute atomic E-state index is 0.304. The second-order valence-corrected chi connectivity index (χ2v) is 4.75. The first-order valence-corrected chi connectivity index (χ1v) is 6.36. The van der Waals surface area contributed by atoms with Gasteiger partial charge in [-0.15, -0.1) is 0 Å². The molecule has 8 nitrogen and oxygen atoms in total. The number of anilines is 1. The molecule has 2 aromatic heterocycles. The molecule has 20 heavy (non-hydrogen) atoms. The number of ether oxygens (including phenoxy) is 1. The molecule has 0 saturated carbocycles. The molecule has 0 bridgehead atoms. The van der Waals surface area contributed by atoms with Gasteiger partial charge in [0.1, 0.15) is 24.2 Å². The molecular weight excluding hydrogens is 262 g/mol. The minimum Gasteiger partial charge on any atom is -0.391 e. The summed E-state index contributed by atoms with van der Waals surface area (Å²) in [6, 6.07) is 0. The average molecular weight is 281 g/mol. The van der Waals surface area contributed by atoms with Crippen molar-refractivity contribution in [2.45, 2.75) is 45.3 Å². The fourth-order valence-electron chi connectivity index (χ4n) is 1.99. The van der Waals surface area contributed by atoms with Gasteiger partial charge in [0.15, 0.2) is 11.5 Å². The normalized spacial score (nSPS) is 17.9. The van der Waals surface area contributed by atoms with E-state index in [4.69, 9.17) is 10.5 Å². The van der Waals surface area contributed by atoms with E-state index in [9.17, 15) is 10.2 Å². The summed E-state index contributed by atoms with van der Waals surface area (Å²) in [5.41, 5.74) is 6.78. The quantitative estimate of drug-likeness (QED) is 0.709. The fraction of sp³-hybridized carbons (Fsp3) is 0.583. The van der Waals surface area contributed by atoms with Crippen molar-refractivity contribution in [2.24, 2.45) is 0 Å². The number of aliphatic hydroxyl groups is 2. The second kappa shape index (κ2) is 5.70. The number of hydrogen-bond acceptors (Lipinski definition) is 7. The van der Waals surface area contributed by atoms with Crippen LogP contribution in [-0.2, 0) is 4.74 Å². The number of fused-ring (bicyclic) bond motifs is 1. The molecule has 0 aliphatic carbocycles.